The van der Waals surface area contributed by atoms with Gasteiger partial charge in [0.2, 0.25) is 0 Å². The minimum Gasteiger partial charge on any atom is -0.480 e. The lowest BCUT2D eigenvalue weighted by Crippen LogP contribution is -2.41. The van der Waals surface area contributed by atoms with E-state index in [4.69, 9.17) is 9.84 Å². The van der Waals surface area contributed by atoms with Gasteiger partial charge in [-0.25, -0.2) is 0 Å². The van der Waals surface area contributed by atoms with Gasteiger partial charge >= 0.3 is 11.9 Å². The van der Waals surface area contributed by atoms with Crippen molar-refractivity contribution in [1.82, 2.24) is 10.6 Å². The zero-order valence-electron chi connectivity index (χ0n) is 7.95. The summed E-state index contributed by atoms with van der Waals surface area (Å²) in [6.45, 7) is 0.664. The molecule has 1 heterocycles. The minimum atomic E-state index is -0.982. The molecule has 6 nitrogen and oxygen atoms in total. The molecule has 1 aliphatic rings. The van der Waals surface area contributed by atoms with Crippen LogP contribution in [0.1, 0.15) is 6.42 Å². The number of carbonyl (C=O) groups excluding carboxylic acids is 1. The maximum Gasteiger partial charge on any atom is 0.324 e. The number of ether oxygens (including phenoxy) is 1. The number of nitrogens with one attached hydrogen (secondary N) is 2. The number of hydrogen-bond acceptors (Lipinski definition) is 5. The summed E-state index contributed by atoms with van der Waals surface area (Å²) in [6.07, 6.45) is 0.000213. The Kier molecular flexibility index (Phi) is 3.84. The summed E-state index contributed by atoms with van der Waals surface area (Å²) in [4.78, 5) is 21.7. The van der Waals surface area contributed by atoms with Crippen LogP contribution in [0, 0.1) is 0 Å². The molecule has 6 heteroatoms. The topological polar surface area (TPSA) is 87.7 Å². The Balaban J connectivity index is 2.43. The molecule has 0 amide bonds. The highest BCUT2D eigenvalue weighted by molar-refractivity contribution is 5.76. The number of rotatable bonds is 4. The number of carboxylic acids is 1. The van der Waals surface area contributed by atoms with E-state index in [1.165, 1.54) is 0 Å². The maximum absolute atomic E-state index is 11.1. The van der Waals surface area contributed by atoms with Crippen LogP contribution in [0.3, 0.4) is 0 Å². The molecule has 80 valence electrons. The molecule has 1 aliphatic heterocycles. The Morgan fingerprint density at radius 3 is 2.93 bits per heavy atom. The van der Waals surface area contributed by atoms with Crippen molar-refractivity contribution in [3.63, 3.8) is 0 Å². The number of carbonyl (C=O) groups is 2. The molecule has 0 radical (unpaired) electrons. The normalized spacial score (nSPS) is 26.1. The fourth-order valence-electron chi connectivity index (χ4n) is 1.41. The second kappa shape index (κ2) is 4.92. The van der Waals surface area contributed by atoms with Crippen molar-refractivity contribution in [2.24, 2.45) is 0 Å². The summed E-state index contributed by atoms with van der Waals surface area (Å²) in [7, 11) is 1.63. The highest BCUT2D eigenvalue weighted by Gasteiger charge is 2.35. The predicted molar refractivity (Wildman–Crippen MR) is 47.9 cm³/mol. The summed E-state index contributed by atoms with van der Waals surface area (Å²) in [5.41, 5.74) is 0. The van der Waals surface area contributed by atoms with Gasteiger partial charge in [-0.1, -0.05) is 0 Å². The Hall–Kier alpha value is -1.14. The lowest BCUT2D eigenvalue weighted by Gasteiger charge is -2.16. The van der Waals surface area contributed by atoms with Gasteiger partial charge in [0.25, 0.3) is 0 Å². The van der Waals surface area contributed by atoms with Crippen molar-refractivity contribution in [3.05, 3.63) is 0 Å². The first kappa shape index (κ1) is 10.9. The Morgan fingerprint density at radius 1 is 1.64 bits per heavy atom. The lowest BCUT2D eigenvalue weighted by molar-refractivity contribution is -0.152. The van der Waals surface area contributed by atoms with E-state index in [9.17, 15) is 9.59 Å². The van der Waals surface area contributed by atoms with Crippen LogP contribution in [0.4, 0.5) is 0 Å². The minimum absolute atomic E-state index is 0.100. The van der Waals surface area contributed by atoms with Crippen LogP contribution in [-0.4, -0.2) is 49.3 Å². The fourth-order valence-corrected chi connectivity index (χ4v) is 1.41. The predicted octanol–water partition coefficient (Wildman–Crippen LogP) is -1.44. The van der Waals surface area contributed by atoms with E-state index < -0.39 is 24.1 Å². The summed E-state index contributed by atoms with van der Waals surface area (Å²) < 4.78 is 4.98. The highest BCUT2D eigenvalue weighted by Crippen LogP contribution is 2.11. The second-order valence-corrected chi connectivity index (χ2v) is 3.12. The van der Waals surface area contributed by atoms with Crippen LogP contribution < -0.4 is 10.6 Å². The number of carboxylic acid groups (broad SMARTS) is 1. The molecule has 1 saturated heterocycles. The van der Waals surface area contributed by atoms with E-state index in [1.54, 1.807) is 7.05 Å². The third-order valence-electron chi connectivity index (χ3n) is 2.03. The van der Waals surface area contributed by atoms with Gasteiger partial charge in [-0.15, -0.1) is 0 Å². The summed E-state index contributed by atoms with van der Waals surface area (Å²) in [5.74, 6) is -1.41. The van der Waals surface area contributed by atoms with Crippen molar-refractivity contribution in [2.45, 2.75) is 18.6 Å². The Bertz CT molecular complexity index is 231. The monoisotopic (exact) mass is 202 g/mol. The van der Waals surface area contributed by atoms with Gasteiger partial charge in [-0.05, 0) is 20.0 Å². The van der Waals surface area contributed by atoms with Gasteiger partial charge in [-0.2, -0.15) is 0 Å². The van der Waals surface area contributed by atoms with Gasteiger partial charge in [-0.3, -0.25) is 9.59 Å². The first-order chi connectivity index (χ1) is 6.65. The van der Waals surface area contributed by atoms with E-state index in [-0.39, 0.29) is 6.54 Å². The standard InChI is InChI=1S/C8H14N2O4/c1-9-4-6(11)14-5-2-3-10-7(5)8(12)13/h5,7,9-10H,2-4H2,1H3,(H,12,13)/t5?,7-/m0/s1. The molecule has 0 saturated carbocycles. The molecule has 1 rings (SSSR count). The lowest BCUT2D eigenvalue weighted by atomic mass is 10.2. The average molecular weight is 202 g/mol. The smallest absolute Gasteiger partial charge is 0.324 e. The number of hydrogen-bond donors (Lipinski definition) is 3. The molecule has 2 atom stereocenters. The van der Waals surface area contributed by atoms with Crippen molar-refractivity contribution in [2.75, 3.05) is 20.1 Å². The van der Waals surface area contributed by atoms with Crippen LogP contribution in [0.2, 0.25) is 0 Å². The summed E-state index contributed by atoms with van der Waals surface area (Å²) in [5, 5.41) is 14.2. The highest BCUT2D eigenvalue weighted by atomic mass is 16.5. The molecule has 1 fully saturated rings. The quantitative estimate of drug-likeness (QED) is 0.484. The Morgan fingerprint density at radius 2 is 2.36 bits per heavy atom. The van der Waals surface area contributed by atoms with Crippen LogP contribution in [0.5, 0.6) is 0 Å². The van der Waals surface area contributed by atoms with Gasteiger partial charge in [0.05, 0.1) is 6.54 Å². The number of aliphatic carboxylic acids is 1. The van der Waals surface area contributed by atoms with Gasteiger partial charge in [0.1, 0.15) is 12.1 Å². The van der Waals surface area contributed by atoms with Crippen LogP contribution in [0.25, 0.3) is 0 Å². The van der Waals surface area contributed by atoms with Gasteiger partial charge in [0, 0.05) is 0 Å². The van der Waals surface area contributed by atoms with Crippen molar-refractivity contribution in [1.29, 1.82) is 0 Å². The molecule has 0 bridgehead atoms. The zero-order valence-corrected chi connectivity index (χ0v) is 7.95. The third kappa shape index (κ3) is 2.68. The van der Waals surface area contributed by atoms with Crippen molar-refractivity contribution >= 4 is 11.9 Å². The van der Waals surface area contributed by atoms with E-state index in [0.29, 0.717) is 13.0 Å². The first-order valence-corrected chi connectivity index (χ1v) is 4.45. The van der Waals surface area contributed by atoms with E-state index in [1.807, 2.05) is 0 Å². The zero-order chi connectivity index (χ0) is 10.6. The molecule has 0 spiro atoms. The van der Waals surface area contributed by atoms with Gasteiger partial charge < -0.3 is 20.5 Å². The first-order valence-electron chi connectivity index (χ1n) is 4.45. The second-order valence-electron chi connectivity index (χ2n) is 3.12. The van der Waals surface area contributed by atoms with E-state index >= 15 is 0 Å². The average Bonchev–Trinajstić information content (AvgIpc) is 2.52. The fraction of sp³-hybridized carbons (Fsp3) is 0.750. The third-order valence-corrected chi connectivity index (χ3v) is 2.03. The van der Waals surface area contributed by atoms with E-state index in [2.05, 4.69) is 10.6 Å². The van der Waals surface area contributed by atoms with Crippen LogP contribution >= 0.6 is 0 Å². The molecule has 0 aromatic carbocycles. The molecule has 0 aliphatic carbocycles. The molecular weight excluding hydrogens is 188 g/mol. The summed E-state index contributed by atoms with van der Waals surface area (Å²) in [6, 6.07) is -0.768. The van der Waals surface area contributed by atoms with Crippen LogP contribution in [0.15, 0.2) is 0 Å². The molecule has 1 unspecified atom stereocenters. The van der Waals surface area contributed by atoms with Crippen molar-refractivity contribution in [3.8, 4) is 0 Å². The maximum atomic E-state index is 11.1. The molecule has 14 heavy (non-hydrogen) atoms. The Labute approximate surface area is 81.6 Å². The SMILES string of the molecule is CNCC(=O)OC1CCN[C@@H]1C(=O)O. The largest absolute Gasteiger partial charge is 0.480 e. The molecule has 0 aromatic rings. The van der Waals surface area contributed by atoms with Crippen LogP contribution in [-0.2, 0) is 14.3 Å². The van der Waals surface area contributed by atoms with E-state index in [0.717, 1.165) is 0 Å². The molecule has 0 aromatic heterocycles. The molecular formula is C8H14N2O4. The summed E-state index contributed by atoms with van der Waals surface area (Å²) >= 11 is 0. The van der Waals surface area contributed by atoms with Gasteiger partial charge in [0.15, 0.2) is 0 Å². The number of likely N-dealkylation sites (N-methyl/N-ethyl adjacent to an activating group) is 1. The number of esters is 1. The van der Waals surface area contributed by atoms with Crippen molar-refractivity contribution < 1.29 is 19.4 Å². The molecule has 3 N–H and O–H groups in total.